The molecule has 0 aromatic heterocycles. The third-order valence-corrected chi connectivity index (χ3v) is 6.92. The van der Waals surface area contributed by atoms with E-state index in [0.717, 1.165) is 17.3 Å². The molecule has 1 heterocycles. The lowest BCUT2D eigenvalue weighted by Gasteiger charge is -2.32. The Balaban J connectivity index is 1.83. The predicted octanol–water partition coefficient (Wildman–Crippen LogP) is 1.57. The fourth-order valence-electron chi connectivity index (χ4n) is 3.94. The molecule has 1 N–H and O–H groups in total. The molecule has 0 bridgehead atoms. The second kappa shape index (κ2) is 7.78. The molecular weight excluding hydrogens is 405 g/mol. The number of methoxy groups -OCH3 is 1. The van der Waals surface area contributed by atoms with Crippen LogP contribution in [-0.2, 0) is 35.3 Å². The quantitative estimate of drug-likeness (QED) is 0.415. The number of sulfonamides is 1. The molecule has 0 saturated carbocycles. The van der Waals surface area contributed by atoms with Crippen molar-refractivity contribution in [3.8, 4) is 0 Å². The number of carbonyl (C=O) groups is 1. The van der Waals surface area contributed by atoms with Gasteiger partial charge in [-0.1, -0.05) is 36.4 Å². The van der Waals surface area contributed by atoms with Crippen LogP contribution in [0.3, 0.4) is 0 Å². The van der Waals surface area contributed by atoms with Crippen LogP contribution in [0, 0.1) is 5.41 Å². The van der Waals surface area contributed by atoms with Gasteiger partial charge in [0.05, 0.1) is 30.0 Å². The average molecular weight is 435 g/mol. The summed E-state index contributed by atoms with van der Waals surface area (Å²) in [4.78, 5) is 12.7. The molecule has 2 aliphatic rings. The lowest BCUT2D eigenvalue weighted by atomic mass is 9.75. The highest BCUT2D eigenvalue weighted by Gasteiger charge is 2.52. The van der Waals surface area contributed by atoms with Crippen molar-refractivity contribution in [2.75, 3.05) is 13.4 Å². The fraction of sp³-hybridized carbons (Fsp3) is 0.571. The Hall–Kier alpha value is -1.68. The normalized spacial score (nSPS) is 27.4. The van der Waals surface area contributed by atoms with Gasteiger partial charge in [0.1, 0.15) is 0 Å². The molecule has 1 aliphatic heterocycles. The third-order valence-electron chi connectivity index (χ3n) is 6.19. The first-order valence-corrected chi connectivity index (χ1v) is 11.9. The largest absolute Gasteiger partial charge is 0.494 e. The molecular formula is C21H30BNO6S. The zero-order chi connectivity index (χ0) is 22.4. The summed E-state index contributed by atoms with van der Waals surface area (Å²) >= 11 is 0. The molecule has 1 saturated heterocycles. The maximum atomic E-state index is 12.7. The Morgan fingerprint density at radius 3 is 2.43 bits per heavy atom. The molecule has 0 amide bonds. The van der Waals surface area contributed by atoms with Crippen LogP contribution in [0.5, 0.6) is 0 Å². The molecule has 3 rings (SSSR count). The Morgan fingerprint density at radius 1 is 1.23 bits per heavy atom. The van der Waals surface area contributed by atoms with Crippen LogP contribution in [0.4, 0.5) is 0 Å². The molecule has 0 unspecified atom stereocenters. The molecule has 1 aromatic rings. The van der Waals surface area contributed by atoms with E-state index in [1.165, 1.54) is 7.11 Å². The molecule has 2 atom stereocenters. The number of hydrogen-bond acceptors (Lipinski definition) is 6. The van der Waals surface area contributed by atoms with E-state index in [0.29, 0.717) is 12.8 Å². The molecule has 1 aliphatic carbocycles. The third kappa shape index (κ3) is 4.64. The van der Waals surface area contributed by atoms with Gasteiger partial charge in [-0.15, -0.1) is 0 Å². The Morgan fingerprint density at radius 2 is 1.87 bits per heavy atom. The summed E-state index contributed by atoms with van der Waals surface area (Å²) in [5.41, 5.74) is -0.0403. The van der Waals surface area contributed by atoms with E-state index in [1.807, 2.05) is 52.0 Å². The zero-order valence-electron chi connectivity index (χ0n) is 18.4. The molecule has 30 heavy (non-hydrogen) atoms. The summed E-state index contributed by atoms with van der Waals surface area (Å²) in [5.74, 6) is -0.391. The number of benzene rings is 1. The average Bonchev–Trinajstić information content (AvgIpc) is 3.11. The molecule has 1 aromatic carbocycles. The highest BCUT2D eigenvalue weighted by molar-refractivity contribution is 7.88. The second-order valence-electron chi connectivity index (χ2n) is 9.22. The number of hydrogen-bond donors (Lipinski definition) is 1. The van der Waals surface area contributed by atoms with Crippen molar-refractivity contribution in [3.63, 3.8) is 0 Å². The number of rotatable bonds is 6. The van der Waals surface area contributed by atoms with Gasteiger partial charge in [0.25, 0.3) is 0 Å². The number of ether oxygens (including phenoxy) is 1. The van der Waals surface area contributed by atoms with Crippen LogP contribution in [0.25, 0.3) is 0 Å². The van der Waals surface area contributed by atoms with E-state index in [9.17, 15) is 13.2 Å². The number of carbonyl (C=O) groups excluding carboxylic acids is 1. The van der Waals surface area contributed by atoms with Gasteiger partial charge in [-0.3, -0.25) is 4.79 Å². The van der Waals surface area contributed by atoms with Crippen LogP contribution < -0.4 is 10.2 Å². The number of esters is 1. The van der Waals surface area contributed by atoms with Crippen LogP contribution in [0.1, 0.15) is 39.7 Å². The zero-order valence-corrected chi connectivity index (χ0v) is 19.2. The van der Waals surface area contributed by atoms with Gasteiger partial charge >= 0.3 is 13.1 Å². The van der Waals surface area contributed by atoms with Crippen molar-refractivity contribution in [1.29, 1.82) is 0 Å². The van der Waals surface area contributed by atoms with Crippen LogP contribution in [-0.4, -0.2) is 52.1 Å². The molecule has 9 heteroatoms. The first kappa shape index (κ1) is 23.0. The van der Waals surface area contributed by atoms with Crippen LogP contribution in [0.15, 0.2) is 36.4 Å². The molecule has 164 valence electrons. The van der Waals surface area contributed by atoms with E-state index >= 15 is 0 Å². The summed E-state index contributed by atoms with van der Waals surface area (Å²) in [5, 5.41) is 0. The summed E-state index contributed by atoms with van der Waals surface area (Å²) in [6.45, 7) is 8.01. The van der Waals surface area contributed by atoms with Gasteiger partial charge in [-0.25, -0.2) is 13.1 Å². The lowest BCUT2D eigenvalue weighted by Crippen LogP contribution is -2.41. The highest BCUT2D eigenvalue weighted by Crippen LogP contribution is 2.38. The molecule has 7 nitrogen and oxygen atoms in total. The highest BCUT2D eigenvalue weighted by atomic mass is 32.2. The van der Waals surface area contributed by atoms with E-state index in [4.69, 9.17) is 14.0 Å². The van der Waals surface area contributed by atoms with Gasteiger partial charge in [0, 0.05) is 6.04 Å². The monoisotopic (exact) mass is 435 g/mol. The van der Waals surface area contributed by atoms with E-state index in [1.54, 1.807) is 12.2 Å². The van der Waals surface area contributed by atoms with Gasteiger partial charge < -0.3 is 14.0 Å². The minimum Gasteiger partial charge on any atom is -0.468 e. The van der Waals surface area contributed by atoms with Crippen molar-refractivity contribution in [2.45, 2.75) is 57.8 Å². The molecule has 1 fully saturated rings. The SMILES string of the molecule is COC(=O)[C@@]1(Cc2cccc(B3OC(C)(C)C(C)(C)O3)c2)C=C[C@H](NS(C)(=O)=O)C1. The maximum Gasteiger partial charge on any atom is 0.494 e. The first-order chi connectivity index (χ1) is 13.8. The van der Waals surface area contributed by atoms with Crippen molar-refractivity contribution < 1.29 is 27.3 Å². The predicted molar refractivity (Wildman–Crippen MR) is 116 cm³/mol. The van der Waals surface area contributed by atoms with Crippen LogP contribution >= 0.6 is 0 Å². The van der Waals surface area contributed by atoms with Crippen molar-refractivity contribution in [3.05, 3.63) is 42.0 Å². The van der Waals surface area contributed by atoms with Crippen LogP contribution in [0.2, 0.25) is 0 Å². The number of nitrogens with one attached hydrogen (secondary N) is 1. The minimum absolute atomic E-state index is 0.299. The van der Waals surface area contributed by atoms with E-state index in [-0.39, 0.29) is 0 Å². The summed E-state index contributed by atoms with van der Waals surface area (Å²) in [6.07, 6.45) is 5.26. The molecule has 0 radical (unpaired) electrons. The second-order valence-corrected chi connectivity index (χ2v) is 11.0. The smallest absolute Gasteiger partial charge is 0.468 e. The lowest BCUT2D eigenvalue weighted by molar-refractivity contribution is -0.149. The molecule has 0 spiro atoms. The summed E-state index contributed by atoms with van der Waals surface area (Å²) < 4.78 is 43.1. The van der Waals surface area contributed by atoms with E-state index < -0.39 is 45.8 Å². The topological polar surface area (TPSA) is 90.9 Å². The van der Waals surface area contributed by atoms with Crippen molar-refractivity contribution >= 4 is 28.6 Å². The van der Waals surface area contributed by atoms with Crippen molar-refractivity contribution in [1.82, 2.24) is 4.72 Å². The first-order valence-electron chi connectivity index (χ1n) is 9.96. The minimum atomic E-state index is -3.39. The maximum absolute atomic E-state index is 12.7. The van der Waals surface area contributed by atoms with E-state index in [2.05, 4.69) is 4.72 Å². The Kier molecular flexibility index (Phi) is 5.97. The van der Waals surface area contributed by atoms with Gasteiger partial charge in [-0.05, 0) is 51.6 Å². The standard InChI is InChI=1S/C21H30BNO6S/c1-19(2)20(3,4)29-22(28-19)16-9-7-8-15(12-16)13-21(18(24)27-5)11-10-17(14-21)23-30(6,25)26/h7-12,17,23H,13-14H2,1-6H3/t17-,21+/m0/s1. The fourth-order valence-corrected chi connectivity index (χ4v) is 4.65. The summed E-state index contributed by atoms with van der Waals surface area (Å²) in [7, 11) is -2.54. The van der Waals surface area contributed by atoms with Crippen molar-refractivity contribution in [2.24, 2.45) is 5.41 Å². The van der Waals surface area contributed by atoms with Gasteiger partial charge in [0.15, 0.2) is 0 Å². The summed E-state index contributed by atoms with van der Waals surface area (Å²) in [6, 6.07) is 7.30. The Bertz CT molecular complexity index is 942. The van der Waals surface area contributed by atoms with Gasteiger partial charge in [0.2, 0.25) is 10.0 Å². The Labute approximate surface area is 179 Å². The van der Waals surface area contributed by atoms with Gasteiger partial charge in [-0.2, -0.15) is 0 Å².